The number of hydrogen-bond donors (Lipinski definition) is 2. The van der Waals surface area contributed by atoms with Gasteiger partial charge in [-0.05, 0) is 61.9 Å². The van der Waals surface area contributed by atoms with Crippen LogP contribution in [0.1, 0.15) is 66.5 Å². The summed E-state index contributed by atoms with van der Waals surface area (Å²) in [5.74, 6) is -1.32. The van der Waals surface area contributed by atoms with Gasteiger partial charge in [-0.1, -0.05) is 50.3 Å². The topological polar surface area (TPSA) is 92.2 Å². The molecule has 0 saturated carbocycles. The number of nitrogens with one attached hydrogen (secondary N) is 1. The Morgan fingerprint density at radius 3 is 2.41 bits per heavy atom. The van der Waals surface area contributed by atoms with Crippen molar-refractivity contribution >= 4 is 22.9 Å². The number of aromatic nitrogens is 2. The fraction of sp³-hybridized carbons (Fsp3) is 0.357. The lowest BCUT2D eigenvalue weighted by molar-refractivity contribution is -0.141. The van der Waals surface area contributed by atoms with Crippen molar-refractivity contribution in [2.75, 3.05) is 0 Å². The fourth-order valence-corrected chi connectivity index (χ4v) is 3.74. The van der Waals surface area contributed by atoms with E-state index in [-0.39, 0.29) is 11.8 Å². The quantitative estimate of drug-likeness (QED) is 0.380. The Labute approximate surface area is 201 Å². The summed E-state index contributed by atoms with van der Waals surface area (Å²) in [4.78, 5) is 33.5. The molecule has 178 valence electrons. The smallest absolute Gasteiger partial charge is 0.306 e. The van der Waals surface area contributed by atoms with Gasteiger partial charge in [0.25, 0.3) is 5.91 Å². The number of nitrogens with zero attached hydrogens (tertiary/aromatic N) is 2. The third-order valence-corrected chi connectivity index (χ3v) is 5.99. The van der Waals surface area contributed by atoms with Gasteiger partial charge in [-0.25, -0.2) is 9.97 Å². The van der Waals surface area contributed by atoms with E-state index in [4.69, 9.17) is 15.1 Å². The molecule has 1 heterocycles. The third kappa shape index (κ3) is 6.73. The number of aryl methyl sites for hydroxylation is 2. The number of benzene rings is 2. The van der Waals surface area contributed by atoms with E-state index in [1.807, 2.05) is 37.3 Å². The van der Waals surface area contributed by atoms with Crippen LogP contribution in [0.15, 0.2) is 54.6 Å². The van der Waals surface area contributed by atoms with Crippen LogP contribution in [0.4, 0.5) is 0 Å². The highest BCUT2D eigenvalue weighted by atomic mass is 16.4. The van der Waals surface area contributed by atoms with Gasteiger partial charge in [0, 0.05) is 18.5 Å². The summed E-state index contributed by atoms with van der Waals surface area (Å²) < 4.78 is 0. The molecule has 34 heavy (non-hydrogen) atoms. The maximum absolute atomic E-state index is 12.8. The van der Waals surface area contributed by atoms with E-state index in [0.717, 1.165) is 28.9 Å². The maximum atomic E-state index is 12.8. The standard InChI is InChI=1S/C28H33N3O3/c1-4-6-9-23-24(10-7-8-19(3)28(33)34)31-26-17-22(15-16-25(26)30-23)27(32)29-18-21-13-11-20(5-2)12-14-21/h4,6,11-17,19H,5,7-10,18H2,1-3H3,(H,29,32)(H,33,34)/b6-4-. The molecule has 6 nitrogen and oxygen atoms in total. The van der Waals surface area contributed by atoms with Crippen molar-refractivity contribution in [1.29, 1.82) is 0 Å². The minimum absolute atomic E-state index is 0.155. The second kappa shape index (κ2) is 12.1. The van der Waals surface area contributed by atoms with Gasteiger partial charge >= 0.3 is 5.97 Å². The molecule has 3 aromatic rings. The molecule has 0 bridgehead atoms. The first-order chi connectivity index (χ1) is 16.4. The van der Waals surface area contributed by atoms with Gasteiger partial charge in [0.05, 0.1) is 28.3 Å². The Morgan fingerprint density at radius 1 is 1.03 bits per heavy atom. The lowest BCUT2D eigenvalue weighted by Crippen LogP contribution is -2.22. The van der Waals surface area contributed by atoms with E-state index in [1.165, 1.54) is 5.56 Å². The minimum atomic E-state index is -0.782. The predicted octanol–water partition coefficient (Wildman–Crippen LogP) is 5.28. The molecule has 2 N–H and O–H groups in total. The van der Waals surface area contributed by atoms with E-state index in [0.29, 0.717) is 43.3 Å². The summed E-state index contributed by atoms with van der Waals surface area (Å²) >= 11 is 0. The van der Waals surface area contributed by atoms with Crippen molar-refractivity contribution in [3.8, 4) is 0 Å². The molecule has 1 unspecified atom stereocenters. The summed E-state index contributed by atoms with van der Waals surface area (Å²) in [5.41, 5.74) is 6.03. The number of amides is 1. The normalized spacial score (nSPS) is 12.2. The first-order valence-corrected chi connectivity index (χ1v) is 11.9. The van der Waals surface area contributed by atoms with E-state index >= 15 is 0 Å². The van der Waals surface area contributed by atoms with E-state index in [9.17, 15) is 9.59 Å². The minimum Gasteiger partial charge on any atom is -0.481 e. The average Bonchev–Trinajstić information content (AvgIpc) is 2.85. The Bertz CT molecular complexity index is 1170. The molecule has 3 rings (SSSR count). The molecule has 0 aliphatic rings. The molecule has 1 aromatic heterocycles. The molecular formula is C28H33N3O3. The average molecular weight is 460 g/mol. The molecule has 0 aliphatic carbocycles. The molecule has 2 aromatic carbocycles. The van der Waals surface area contributed by atoms with Crippen molar-refractivity contribution in [1.82, 2.24) is 15.3 Å². The monoisotopic (exact) mass is 459 g/mol. The number of carboxylic acids is 1. The number of carbonyl (C=O) groups is 2. The number of fused-ring (bicyclic) bond motifs is 1. The Hall–Kier alpha value is -3.54. The number of aliphatic carboxylic acids is 1. The van der Waals surface area contributed by atoms with Gasteiger partial charge in [0.1, 0.15) is 0 Å². The van der Waals surface area contributed by atoms with Crippen molar-refractivity contribution in [2.24, 2.45) is 5.92 Å². The summed E-state index contributed by atoms with van der Waals surface area (Å²) in [6, 6.07) is 13.6. The third-order valence-electron chi connectivity index (χ3n) is 5.99. The highest BCUT2D eigenvalue weighted by Gasteiger charge is 2.14. The van der Waals surface area contributed by atoms with Crippen LogP contribution in [-0.2, 0) is 30.6 Å². The molecule has 0 fully saturated rings. The van der Waals surface area contributed by atoms with Crippen molar-refractivity contribution < 1.29 is 14.7 Å². The molecule has 1 atom stereocenters. The predicted molar refractivity (Wildman–Crippen MR) is 135 cm³/mol. The van der Waals surface area contributed by atoms with Crippen LogP contribution in [0.3, 0.4) is 0 Å². The van der Waals surface area contributed by atoms with Gasteiger partial charge in [0.2, 0.25) is 0 Å². The summed E-state index contributed by atoms with van der Waals surface area (Å²) in [6.45, 7) is 6.26. The highest BCUT2D eigenvalue weighted by molar-refractivity contribution is 5.97. The number of carbonyl (C=O) groups excluding carboxylic acids is 1. The molecule has 0 aliphatic heterocycles. The van der Waals surface area contributed by atoms with Gasteiger partial charge in [-0.2, -0.15) is 0 Å². The summed E-state index contributed by atoms with van der Waals surface area (Å²) in [6.07, 6.45) is 7.62. The molecule has 0 spiro atoms. The largest absolute Gasteiger partial charge is 0.481 e. The number of rotatable bonds is 11. The Balaban J connectivity index is 1.77. The van der Waals surface area contributed by atoms with E-state index < -0.39 is 5.97 Å². The Morgan fingerprint density at radius 2 is 1.74 bits per heavy atom. The molecule has 6 heteroatoms. The van der Waals surface area contributed by atoms with Crippen LogP contribution in [-0.4, -0.2) is 27.0 Å². The number of hydrogen-bond acceptors (Lipinski definition) is 4. The molecular weight excluding hydrogens is 426 g/mol. The summed E-state index contributed by atoms with van der Waals surface area (Å²) in [5, 5.41) is 12.1. The SMILES string of the molecule is C/C=C\Cc1nc2ccc(C(=O)NCc3ccc(CC)cc3)cc2nc1CCCC(C)C(=O)O. The molecule has 0 saturated heterocycles. The lowest BCUT2D eigenvalue weighted by atomic mass is 10.0. The molecule has 0 radical (unpaired) electrons. The second-order valence-electron chi connectivity index (χ2n) is 8.58. The van der Waals surface area contributed by atoms with Crippen molar-refractivity contribution in [3.05, 3.63) is 82.7 Å². The van der Waals surface area contributed by atoms with Crippen molar-refractivity contribution in [2.45, 2.75) is 59.4 Å². The van der Waals surface area contributed by atoms with E-state index in [1.54, 1.807) is 19.1 Å². The van der Waals surface area contributed by atoms with Crippen LogP contribution in [0, 0.1) is 5.92 Å². The number of carboxylic acid groups (broad SMARTS) is 1. The van der Waals surface area contributed by atoms with Gasteiger partial charge in [-0.15, -0.1) is 0 Å². The maximum Gasteiger partial charge on any atom is 0.306 e. The highest BCUT2D eigenvalue weighted by Crippen LogP contribution is 2.19. The van der Waals surface area contributed by atoms with Gasteiger partial charge in [-0.3, -0.25) is 9.59 Å². The first kappa shape index (κ1) is 25.1. The lowest BCUT2D eigenvalue weighted by Gasteiger charge is -2.11. The zero-order valence-electron chi connectivity index (χ0n) is 20.2. The number of allylic oxidation sites excluding steroid dienone is 2. The summed E-state index contributed by atoms with van der Waals surface area (Å²) in [7, 11) is 0. The Kier molecular flexibility index (Phi) is 8.91. The zero-order chi connectivity index (χ0) is 24.5. The van der Waals surface area contributed by atoms with Crippen LogP contribution >= 0.6 is 0 Å². The van der Waals surface area contributed by atoms with Crippen LogP contribution in [0.25, 0.3) is 11.0 Å². The van der Waals surface area contributed by atoms with Crippen molar-refractivity contribution in [3.63, 3.8) is 0 Å². The second-order valence-corrected chi connectivity index (χ2v) is 8.58. The zero-order valence-corrected chi connectivity index (χ0v) is 20.2. The van der Waals surface area contributed by atoms with Crippen LogP contribution < -0.4 is 5.32 Å². The first-order valence-electron chi connectivity index (χ1n) is 11.9. The van der Waals surface area contributed by atoms with E-state index in [2.05, 4.69) is 24.4 Å². The van der Waals surface area contributed by atoms with Gasteiger partial charge < -0.3 is 10.4 Å². The fourth-order valence-electron chi connectivity index (χ4n) is 3.74. The van der Waals surface area contributed by atoms with Gasteiger partial charge in [0.15, 0.2) is 0 Å². The van der Waals surface area contributed by atoms with Crippen LogP contribution in [0.2, 0.25) is 0 Å². The molecule has 1 amide bonds. The van der Waals surface area contributed by atoms with Crippen LogP contribution in [0.5, 0.6) is 0 Å².